The van der Waals surface area contributed by atoms with Crippen molar-refractivity contribution in [1.82, 2.24) is 9.55 Å². The third-order valence-corrected chi connectivity index (χ3v) is 6.33. The summed E-state index contributed by atoms with van der Waals surface area (Å²) < 4.78 is 13.0. The van der Waals surface area contributed by atoms with Gasteiger partial charge in [-0.1, -0.05) is 29.3 Å². The zero-order chi connectivity index (χ0) is 23.0. The summed E-state index contributed by atoms with van der Waals surface area (Å²) in [7, 11) is 1.52. The molecule has 1 N–H and O–H groups in total. The van der Waals surface area contributed by atoms with Gasteiger partial charge in [0.05, 0.1) is 28.9 Å². The van der Waals surface area contributed by atoms with Gasteiger partial charge in [0.15, 0.2) is 11.5 Å². The average Bonchev–Trinajstić information content (AvgIpc) is 3.17. The number of aromatic nitrogens is 2. The predicted molar refractivity (Wildman–Crippen MR) is 129 cm³/mol. The van der Waals surface area contributed by atoms with E-state index in [4.69, 9.17) is 32.7 Å². The van der Waals surface area contributed by atoms with Gasteiger partial charge in [-0.2, -0.15) is 0 Å². The number of hydrogen-bond acceptors (Lipinski definition) is 6. The summed E-state index contributed by atoms with van der Waals surface area (Å²) in [4.78, 5) is 18.5. The molecule has 2 aromatic carbocycles. The number of benzene rings is 2. The maximum absolute atomic E-state index is 13.2. The Bertz CT molecular complexity index is 1360. The fraction of sp³-hybridized carbons (Fsp3) is 0.217. The smallest absolute Gasteiger partial charge is 0.275 e. The van der Waals surface area contributed by atoms with Crippen LogP contribution >= 0.6 is 34.5 Å². The van der Waals surface area contributed by atoms with Gasteiger partial charge in [-0.15, -0.1) is 11.3 Å². The Morgan fingerprint density at radius 3 is 2.59 bits per heavy atom. The topological polar surface area (TPSA) is 73.6 Å². The van der Waals surface area contributed by atoms with Gasteiger partial charge in [0, 0.05) is 21.5 Å². The molecule has 0 bridgehead atoms. The molecule has 0 spiro atoms. The highest BCUT2D eigenvalue weighted by Gasteiger charge is 2.17. The van der Waals surface area contributed by atoms with Crippen LogP contribution < -0.4 is 15.0 Å². The lowest BCUT2D eigenvalue weighted by Gasteiger charge is -2.19. The van der Waals surface area contributed by atoms with Crippen LogP contribution in [0, 0.1) is 0 Å². The minimum atomic E-state index is -0.987. The fourth-order valence-electron chi connectivity index (χ4n) is 3.10. The molecule has 4 aromatic rings. The third-order valence-electron chi connectivity index (χ3n) is 4.64. The van der Waals surface area contributed by atoms with Crippen molar-refractivity contribution >= 4 is 44.8 Å². The number of aliphatic hydroxyl groups is 1. The normalized spacial score (nSPS) is 11.7. The highest BCUT2D eigenvalue weighted by atomic mass is 35.5. The van der Waals surface area contributed by atoms with Crippen LogP contribution in [0.5, 0.6) is 11.5 Å². The first kappa shape index (κ1) is 22.6. The zero-order valence-corrected chi connectivity index (χ0v) is 19.9. The van der Waals surface area contributed by atoms with Crippen LogP contribution in [0.4, 0.5) is 0 Å². The van der Waals surface area contributed by atoms with Crippen molar-refractivity contribution in [2.75, 3.05) is 13.7 Å². The van der Waals surface area contributed by atoms with Crippen LogP contribution in [0.2, 0.25) is 10.0 Å². The third kappa shape index (κ3) is 4.61. The lowest BCUT2D eigenvalue weighted by atomic mass is 10.2. The monoisotopic (exact) mass is 490 g/mol. The second kappa shape index (κ2) is 8.75. The van der Waals surface area contributed by atoms with E-state index in [1.807, 2.05) is 12.1 Å². The van der Waals surface area contributed by atoms with Gasteiger partial charge in [-0.25, -0.2) is 4.98 Å². The number of ether oxygens (including phenoxy) is 2. The SMILES string of the molecule is COc1cc(-n2cnc3cc(-c4ccc(Cl)cc4Cl)sc3c2=O)ccc1OCC(C)(C)O. The fourth-order valence-corrected chi connectivity index (χ4v) is 4.74. The standard InChI is InChI=1S/C23H20Cl2N2O4S/c1-23(2,29)11-31-18-7-5-14(9-19(18)30-3)27-12-26-17-10-20(32-21(17)22(27)28)15-6-4-13(24)8-16(15)25/h4-10,12,29H,11H2,1-3H3. The highest BCUT2D eigenvalue weighted by molar-refractivity contribution is 7.22. The minimum absolute atomic E-state index is 0.0986. The molecule has 166 valence electrons. The number of nitrogens with zero attached hydrogens (tertiary/aromatic N) is 2. The largest absolute Gasteiger partial charge is 0.493 e. The van der Waals surface area contributed by atoms with E-state index in [1.54, 1.807) is 44.2 Å². The maximum atomic E-state index is 13.2. The Labute approximate surface area is 198 Å². The molecule has 0 saturated carbocycles. The van der Waals surface area contributed by atoms with Gasteiger partial charge in [0.2, 0.25) is 0 Å². The van der Waals surface area contributed by atoms with E-state index in [9.17, 15) is 9.90 Å². The molecule has 0 fully saturated rings. The molecule has 0 aliphatic heterocycles. The van der Waals surface area contributed by atoms with Crippen LogP contribution in [-0.4, -0.2) is 34.0 Å². The van der Waals surface area contributed by atoms with Crippen molar-refractivity contribution < 1.29 is 14.6 Å². The van der Waals surface area contributed by atoms with Crippen LogP contribution in [0.1, 0.15) is 13.8 Å². The van der Waals surface area contributed by atoms with Gasteiger partial charge < -0.3 is 14.6 Å². The molecule has 0 saturated heterocycles. The molecule has 2 heterocycles. The Hall–Kier alpha value is -2.58. The quantitative estimate of drug-likeness (QED) is 0.381. The van der Waals surface area contributed by atoms with Crippen LogP contribution in [0.15, 0.2) is 53.6 Å². The average molecular weight is 491 g/mol. The van der Waals surface area contributed by atoms with Crippen molar-refractivity contribution in [3.63, 3.8) is 0 Å². The number of fused-ring (bicyclic) bond motifs is 1. The molecule has 0 radical (unpaired) electrons. The summed E-state index contributed by atoms with van der Waals surface area (Å²) in [6.07, 6.45) is 1.48. The van der Waals surface area contributed by atoms with Gasteiger partial charge in [0.1, 0.15) is 17.6 Å². The Morgan fingerprint density at radius 2 is 1.91 bits per heavy atom. The number of halogens is 2. The molecule has 4 rings (SSSR count). The molecule has 2 aromatic heterocycles. The molecule has 0 unspecified atom stereocenters. The van der Waals surface area contributed by atoms with E-state index in [-0.39, 0.29) is 12.2 Å². The van der Waals surface area contributed by atoms with E-state index in [0.29, 0.717) is 37.4 Å². The lowest BCUT2D eigenvalue weighted by molar-refractivity contribution is 0.0276. The molecular weight excluding hydrogens is 471 g/mol. The van der Waals surface area contributed by atoms with E-state index in [1.165, 1.54) is 29.3 Å². The van der Waals surface area contributed by atoms with Gasteiger partial charge in [-0.05, 0) is 44.2 Å². The summed E-state index contributed by atoms with van der Waals surface area (Å²) in [5.74, 6) is 0.912. The second-order valence-electron chi connectivity index (χ2n) is 7.81. The molecular formula is C23H20Cl2N2O4S. The summed E-state index contributed by atoms with van der Waals surface area (Å²) in [6.45, 7) is 3.41. The van der Waals surface area contributed by atoms with Crippen molar-refractivity contribution in [2.45, 2.75) is 19.4 Å². The summed E-state index contributed by atoms with van der Waals surface area (Å²) in [6, 6.07) is 12.2. The van der Waals surface area contributed by atoms with Crippen LogP contribution in [0.3, 0.4) is 0 Å². The second-order valence-corrected chi connectivity index (χ2v) is 9.70. The van der Waals surface area contributed by atoms with E-state index in [0.717, 1.165) is 10.4 Å². The predicted octanol–water partition coefficient (Wildman–Crippen LogP) is 5.58. The molecule has 9 heteroatoms. The van der Waals surface area contributed by atoms with Crippen molar-refractivity contribution in [3.05, 3.63) is 69.2 Å². The molecule has 0 aliphatic rings. The summed E-state index contributed by atoms with van der Waals surface area (Å²) in [5.41, 5.74) is 0.772. The first-order valence-corrected chi connectivity index (χ1v) is 11.2. The highest BCUT2D eigenvalue weighted by Crippen LogP contribution is 2.37. The van der Waals surface area contributed by atoms with Gasteiger partial charge >= 0.3 is 0 Å². The van der Waals surface area contributed by atoms with Gasteiger partial charge in [0.25, 0.3) is 5.56 Å². The van der Waals surface area contributed by atoms with Crippen molar-refractivity contribution in [3.8, 4) is 27.6 Å². The molecule has 32 heavy (non-hydrogen) atoms. The molecule has 0 atom stereocenters. The first-order chi connectivity index (χ1) is 15.2. The molecule has 0 aliphatic carbocycles. The van der Waals surface area contributed by atoms with Gasteiger partial charge in [-0.3, -0.25) is 9.36 Å². The van der Waals surface area contributed by atoms with Crippen LogP contribution in [-0.2, 0) is 0 Å². The zero-order valence-electron chi connectivity index (χ0n) is 17.6. The summed E-state index contributed by atoms with van der Waals surface area (Å²) >= 11 is 13.7. The Balaban J connectivity index is 1.73. The first-order valence-electron chi connectivity index (χ1n) is 9.66. The Kier molecular flexibility index (Phi) is 6.18. The van der Waals surface area contributed by atoms with Crippen LogP contribution in [0.25, 0.3) is 26.3 Å². The number of rotatable bonds is 6. The van der Waals surface area contributed by atoms with Crippen molar-refractivity contribution in [2.24, 2.45) is 0 Å². The lowest BCUT2D eigenvalue weighted by Crippen LogP contribution is -2.28. The van der Waals surface area contributed by atoms with E-state index < -0.39 is 5.60 Å². The minimum Gasteiger partial charge on any atom is -0.493 e. The molecule has 6 nitrogen and oxygen atoms in total. The Morgan fingerprint density at radius 1 is 1.12 bits per heavy atom. The maximum Gasteiger partial charge on any atom is 0.275 e. The summed E-state index contributed by atoms with van der Waals surface area (Å²) in [5, 5.41) is 10.9. The number of methoxy groups -OCH3 is 1. The number of thiophene rings is 1. The van der Waals surface area contributed by atoms with E-state index in [2.05, 4.69) is 4.98 Å². The van der Waals surface area contributed by atoms with E-state index >= 15 is 0 Å². The van der Waals surface area contributed by atoms with Crippen molar-refractivity contribution in [1.29, 1.82) is 0 Å². The molecule has 0 amide bonds. The number of hydrogen-bond donors (Lipinski definition) is 1.